The van der Waals surface area contributed by atoms with E-state index in [1.807, 2.05) is 0 Å². The highest BCUT2D eigenvalue weighted by atomic mass is 32.2. The van der Waals surface area contributed by atoms with Crippen molar-refractivity contribution in [2.45, 2.75) is 88.2 Å². The van der Waals surface area contributed by atoms with E-state index in [-0.39, 0.29) is 0 Å². The number of thioether (sulfide) groups is 1. The van der Waals surface area contributed by atoms with Gasteiger partial charge in [0.2, 0.25) is 0 Å². The van der Waals surface area contributed by atoms with Gasteiger partial charge in [-0.2, -0.15) is 11.8 Å². The lowest BCUT2D eigenvalue weighted by Gasteiger charge is -2.34. The van der Waals surface area contributed by atoms with Crippen molar-refractivity contribution in [2.75, 3.05) is 6.54 Å². The molecule has 0 bridgehead atoms. The van der Waals surface area contributed by atoms with Crippen LogP contribution in [0.5, 0.6) is 0 Å². The Hall–Kier alpha value is 0.310. The Bertz CT molecular complexity index is 231. The fourth-order valence-corrected chi connectivity index (χ4v) is 5.51. The summed E-state index contributed by atoms with van der Waals surface area (Å²) in [7, 11) is 0. The fourth-order valence-electron chi connectivity index (χ4n) is 3.58. The van der Waals surface area contributed by atoms with Crippen LogP contribution >= 0.6 is 11.8 Å². The van der Waals surface area contributed by atoms with E-state index in [4.69, 9.17) is 0 Å². The number of hydrogen-bond donors (Lipinski definition) is 1. The molecule has 4 atom stereocenters. The average molecular weight is 269 g/mol. The summed E-state index contributed by atoms with van der Waals surface area (Å²) in [6, 6.07) is 0.817. The molecule has 0 saturated heterocycles. The molecule has 2 heteroatoms. The second-order valence-electron chi connectivity index (χ2n) is 6.47. The maximum Gasteiger partial charge on any atom is 0.00776 e. The SMILES string of the molecule is CCCNC1CCCC(SC2CCCC(C)C2)C1. The van der Waals surface area contributed by atoms with E-state index in [1.165, 1.54) is 64.3 Å². The predicted octanol–water partition coefficient (Wildman–Crippen LogP) is 4.61. The Balaban J connectivity index is 1.71. The van der Waals surface area contributed by atoms with Crippen LogP contribution in [0.3, 0.4) is 0 Å². The number of hydrogen-bond acceptors (Lipinski definition) is 2. The largest absolute Gasteiger partial charge is 0.314 e. The van der Waals surface area contributed by atoms with Gasteiger partial charge in [0, 0.05) is 16.5 Å². The van der Waals surface area contributed by atoms with E-state index in [0.717, 1.165) is 22.5 Å². The third-order valence-corrected chi connectivity index (χ3v) is 6.21. The molecule has 0 aromatic carbocycles. The molecule has 0 aromatic heterocycles. The first kappa shape index (κ1) is 14.7. The normalized spacial score (nSPS) is 37.7. The highest BCUT2D eigenvalue weighted by molar-refractivity contribution is 8.00. The van der Waals surface area contributed by atoms with Crippen LogP contribution in [0.4, 0.5) is 0 Å². The summed E-state index contributed by atoms with van der Waals surface area (Å²) in [6.45, 7) is 5.92. The van der Waals surface area contributed by atoms with E-state index in [2.05, 4.69) is 30.9 Å². The molecule has 2 saturated carbocycles. The fraction of sp³-hybridized carbons (Fsp3) is 1.00. The van der Waals surface area contributed by atoms with Crippen LogP contribution in [0, 0.1) is 5.92 Å². The first-order valence-corrected chi connectivity index (χ1v) is 9.11. The molecule has 2 fully saturated rings. The van der Waals surface area contributed by atoms with Gasteiger partial charge in [-0.3, -0.25) is 0 Å². The molecule has 0 heterocycles. The Kier molecular flexibility index (Phi) is 6.37. The second kappa shape index (κ2) is 7.79. The summed E-state index contributed by atoms with van der Waals surface area (Å²) < 4.78 is 0. The minimum atomic E-state index is 0.817. The van der Waals surface area contributed by atoms with Crippen LogP contribution in [0.2, 0.25) is 0 Å². The summed E-state index contributed by atoms with van der Waals surface area (Å²) in [6.07, 6.45) is 12.9. The van der Waals surface area contributed by atoms with Gasteiger partial charge in [-0.25, -0.2) is 0 Å². The monoisotopic (exact) mass is 269 g/mol. The third kappa shape index (κ3) is 4.77. The molecule has 1 nitrogen and oxygen atoms in total. The summed E-state index contributed by atoms with van der Waals surface area (Å²) in [4.78, 5) is 0. The van der Waals surface area contributed by atoms with Crippen molar-refractivity contribution in [3.8, 4) is 0 Å². The van der Waals surface area contributed by atoms with Gasteiger partial charge in [0.25, 0.3) is 0 Å². The Morgan fingerprint density at radius 3 is 2.44 bits per heavy atom. The lowest BCUT2D eigenvalue weighted by molar-refractivity contribution is 0.373. The zero-order valence-corrected chi connectivity index (χ0v) is 13.1. The summed E-state index contributed by atoms with van der Waals surface area (Å²) in [5, 5.41) is 5.66. The molecular formula is C16H31NS. The van der Waals surface area contributed by atoms with Gasteiger partial charge in [0.15, 0.2) is 0 Å². The molecule has 0 aliphatic heterocycles. The molecule has 18 heavy (non-hydrogen) atoms. The van der Waals surface area contributed by atoms with Gasteiger partial charge in [-0.15, -0.1) is 0 Å². The molecule has 1 N–H and O–H groups in total. The molecule has 0 aromatic rings. The summed E-state index contributed by atoms with van der Waals surface area (Å²) in [5.41, 5.74) is 0. The molecule has 0 radical (unpaired) electrons. The van der Waals surface area contributed by atoms with Gasteiger partial charge in [-0.05, 0) is 51.0 Å². The second-order valence-corrected chi connectivity index (χ2v) is 8.08. The van der Waals surface area contributed by atoms with E-state index in [1.54, 1.807) is 0 Å². The highest BCUT2D eigenvalue weighted by Crippen LogP contribution is 2.38. The van der Waals surface area contributed by atoms with Crippen LogP contribution in [0.1, 0.15) is 71.6 Å². The first-order valence-electron chi connectivity index (χ1n) is 8.16. The molecular weight excluding hydrogens is 238 g/mol. The average Bonchev–Trinajstić information content (AvgIpc) is 2.37. The Morgan fingerprint density at radius 2 is 1.72 bits per heavy atom. The summed E-state index contributed by atoms with van der Waals surface area (Å²) in [5.74, 6) is 0.980. The number of rotatable bonds is 5. The van der Waals surface area contributed by atoms with Crippen molar-refractivity contribution in [3.63, 3.8) is 0 Å². The van der Waals surface area contributed by atoms with Crippen LogP contribution in [-0.2, 0) is 0 Å². The molecule has 2 rings (SSSR count). The van der Waals surface area contributed by atoms with Crippen molar-refractivity contribution in [2.24, 2.45) is 5.92 Å². The topological polar surface area (TPSA) is 12.0 Å². The quantitative estimate of drug-likeness (QED) is 0.782. The van der Waals surface area contributed by atoms with Gasteiger partial charge in [-0.1, -0.05) is 33.1 Å². The lowest BCUT2D eigenvalue weighted by Crippen LogP contribution is -2.36. The Labute approximate surface area is 118 Å². The molecule has 0 amide bonds. The molecule has 2 aliphatic carbocycles. The van der Waals surface area contributed by atoms with Crippen LogP contribution in [-0.4, -0.2) is 23.1 Å². The van der Waals surface area contributed by atoms with Crippen LogP contribution in [0.15, 0.2) is 0 Å². The zero-order valence-electron chi connectivity index (χ0n) is 12.3. The van der Waals surface area contributed by atoms with E-state index in [0.29, 0.717) is 0 Å². The predicted molar refractivity (Wildman–Crippen MR) is 83.3 cm³/mol. The highest BCUT2D eigenvalue weighted by Gasteiger charge is 2.26. The maximum atomic E-state index is 3.73. The van der Waals surface area contributed by atoms with Gasteiger partial charge < -0.3 is 5.32 Å². The van der Waals surface area contributed by atoms with E-state index >= 15 is 0 Å². The van der Waals surface area contributed by atoms with Crippen molar-refractivity contribution in [3.05, 3.63) is 0 Å². The molecule has 0 spiro atoms. The van der Waals surface area contributed by atoms with Gasteiger partial charge in [0.1, 0.15) is 0 Å². The van der Waals surface area contributed by atoms with Crippen LogP contribution < -0.4 is 5.32 Å². The lowest BCUT2D eigenvalue weighted by atomic mass is 9.90. The first-order chi connectivity index (χ1) is 8.78. The number of nitrogens with one attached hydrogen (secondary N) is 1. The molecule has 106 valence electrons. The van der Waals surface area contributed by atoms with Crippen LogP contribution in [0.25, 0.3) is 0 Å². The molecule has 4 unspecified atom stereocenters. The van der Waals surface area contributed by atoms with Gasteiger partial charge in [0.05, 0.1) is 0 Å². The van der Waals surface area contributed by atoms with Crippen molar-refractivity contribution < 1.29 is 0 Å². The zero-order chi connectivity index (χ0) is 12.8. The van der Waals surface area contributed by atoms with Crippen molar-refractivity contribution in [1.29, 1.82) is 0 Å². The van der Waals surface area contributed by atoms with E-state index < -0.39 is 0 Å². The summed E-state index contributed by atoms with van der Waals surface area (Å²) >= 11 is 2.34. The smallest absolute Gasteiger partial charge is 0.00776 e. The van der Waals surface area contributed by atoms with Crippen molar-refractivity contribution in [1.82, 2.24) is 5.32 Å². The van der Waals surface area contributed by atoms with E-state index in [9.17, 15) is 0 Å². The Morgan fingerprint density at radius 1 is 1.00 bits per heavy atom. The maximum absolute atomic E-state index is 3.73. The minimum absolute atomic E-state index is 0.817. The van der Waals surface area contributed by atoms with Crippen molar-refractivity contribution >= 4 is 11.8 Å². The molecule has 2 aliphatic rings. The minimum Gasteiger partial charge on any atom is -0.314 e. The standard InChI is InChI=1S/C16H31NS/c1-3-10-17-14-7-5-9-16(12-14)18-15-8-4-6-13(2)11-15/h13-17H,3-12H2,1-2H3. The van der Waals surface area contributed by atoms with Gasteiger partial charge >= 0.3 is 0 Å². The third-order valence-electron chi connectivity index (χ3n) is 4.58.